The predicted octanol–water partition coefficient (Wildman–Crippen LogP) is 3.14. The van der Waals surface area contributed by atoms with Crippen LogP contribution in [0.15, 0.2) is 47.5 Å². The Kier molecular flexibility index (Phi) is 4.94. The van der Waals surface area contributed by atoms with Gasteiger partial charge in [-0.25, -0.2) is 13.4 Å². The monoisotopic (exact) mass is 371 g/mol. The minimum absolute atomic E-state index is 0.154. The Labute approximate surface area is 152 Å². The summed E-state index contributed by atoms with van der Waals surface area (Å²) < 4.78 is 27.5. The molecule has 0 saturated carbocycles. The Bertz CT molecular complexity index is 991. The van der Waals surface area contributed by atoms with Gasteiger partial charge in [-0.1, -0.05) is 24.3 Å². The van der Waals surface area contributed by atoms with Crippen molar-refractivity contribution in [2.24, 2.45) is 0 Å². The standard InChI is InChI=1S/C18H21N5O2S/c1-12-6-4-5-7-15(12)10-19-16-8-9-17(20-11-16)23-26(24,25)18-13(2)21-22-14(18)3/h4-9,11,19H,10H2,1-3H3,(H,20,23)(H,21,22). The molecule has 0 bridgehead atoms. The third-order valence-corrected chi connectivity index (χ3v) is 5.69. The van der Waals surface area contributed by atoms with E-state index in [1.807, 2.05) is 12.1 Å². The second-order valence-electron chi connectivity index (χ2n) is 6.08. The van der Waals surface area contributed by atoms with E-state index in [1.165, 1.54) is 11.1 Å². The van der Waals surface area contributed by atoms with Crippen molar-refractivity contribution in [3.05, 3.63) is 65.1 Å². The van der Waals surface area contributed by atoms with Crippen LogP contribution in [0.5, 0.6) is 0 Å². The largest absolute Gasteiger partial charge is 0.380 e. The summed E-state index contributed by atoms with van der Waals surface area (Å²) in [4.78, 5) is 4.34. The molecule has 7 nitrogen and oxygen atoms in total. The third kappa shape index (κ3) is 3.85. The number of aromatic nitrogens is 3. The molecule has 136 valence electrons. The Balaban J connectivity index is 1.69. The highest BCUT2D eigenvalue weighted by molar-refractivity contribution is 7.92. The molecule has 0 saturated heterocycles. The van der Waals surface area contributed by atoms with E-state index in [0.29, 0.717) is 17.9 Å². The Morgan fingerprint density at radius 1 is 1.08 bits per heavy atom. The van der Waals surface area contributed by atoms with Gasteiger partial charge in [0.15, 0.2) is 0 Å². The summed E-state index contributed by atoms with van der Waals surface area (Å²) in [7, 11) is -3.73. The summed E-state index contributed by atoms with van der Waals surface area (Å²) in [6.07, 6.45) is 1.60. The lowest BCUT2D eigenvalue weighted by Crippen LogP contribution is -2.15. The highest BCUT2D eigenvalue weighted by atomic mass is 32.2. The molecule has 8 heteroatoms. The lowest BCUT2D eigenvalue weighted by atomic mass is 10.1. The molecule has 3 N–H and O–H groups in total. The van der Waals surface area contributed by atoms with Gasteiger partial charge in [0.1, 0.15) is 10.7 Å². The maximum atomic E-state index is 12.5. The quantitative estimate of drug-likeness (QED) is 0.618. The minimum Gasteiger partial charge on any atom is -0.380 e. The first-order valence-electron chi connectivity index (χ1n) is 8.15. The molecule has 2 heterocycles. The van der Waals surface area contributed by atoms with Gasteiger partial charge >= 0.3 is 0 Å². The van der Waals surface area contributed by atoms with E-state index in [2.05, 4.69) is 44.3 Å². The van der Waals surface area contributed by atoms with Crippen molar-refractivity contribution in [1.82, 2.24) is 15.2 Å². The summed E-state index contributed by atoms with van der Waals surface area (Å²) in [5, 5.41) is 9.88. The van der Waals surface area contributed by atoms with E-state index >= 15 is 0 Å². The maximum absolute atomic E-state index is 12.5. The first-order valence-corrected chi connectivity index (χ1v) is 9.64. The number of hydrogen-bond acceptors (Lipinski definition) is 5. The van der Waals surface area contributed by atoms with E-state index in [0.717, 1.165) is 5.69 Å². The van der Waals surface area contributed by atoms with Crippen molar-refractivity contribution in [3.8, 4) is 0 Å². The van der Waals surface area contributed by atoms with Gasteiger partial charge in [0.2, 0.25) is 0 Å². The fourth-order valence-corrected chi connectivity index (χ4v) is 4.07. The highest BCUT2D eigenvalue weighted by Crippen LogP contribution is 2.20. The normalized spacial score (nSPS) is 11.3. The van der Waals surface area contributed by atoms with E-state index in [1.54, 1.807) is 32.2 Å². The molecule has 0 radical (unpaired) electrons. The Morgan fingerprint density at radius 2 is 1.85 bits per heavy atom. The molecule has 1 aromatic carbocycles. The van der Waals surface area contributed by atoms with Crippen molar-refractivity contribution < 1.29 is 8.42 Å². The average Bonchev–Trinajstić information content (AvgIpc) is 2.94. The second-order valence-corrected chi connectivity index (χ2v) is 7.70. The molecule has 0 amide bonds. The second kappa shape index (κ2) is 7.17. The maximum Gasteiger partial charge on any atom is 0.266 e. The number of pyridine rings is 1. The summed E-state index contributed by atoms with van der Waals surface area (Å²) in [6, 6.07) is 11.5. The van der Waals surface area contributed by atoms with E-state index in [4.69, 9.17) is 0 Å². The zero-order chi connectivity index (χ0) is 18.7. The minimum atomic E-state index is -3.73. The van der Waals surface area contributed by atoms with E-state index in [9.17, 15) is 8.42 Å². The van der Waals surface area contributed by atoms with Gasteiger partial charge in [0.05, 0.1) is 23.3 Å². The molecule has 0 spiro atoms. The molecular weight excluding hydrogens is 350 g/mol. The number of H-pyrrole nitrogens is 1. The van der Waals surface area contributed by atoms with Crippen molar-refractivity contribution in [3.63, 3.8) is 0 Å². The fourth-order valence-electron chi connectivity index (χ4n) is 2.69. The molecule has 2 aromatic heterocycles. The van der Waals surface area contributed by atoms with Gasteiger partial charge in [-0.15, -0.1) is 0 Å². The first kappa shape index (κ1) is 17.9. The molecule has 0 fully saturated rings. The molecule has 0 unspecified atom stereocenters. The number of aryl methyl sites for hydroxylation is 3. The van der Waals surface area contributed by atoms with Gasteiger partial charge in [-0.3, -0.25) is 9.82 Å². The number of nitrogens with zero attached hydrogens (tertiary/aromatic N) is 2. The molecule has 0 aliphatic carbocycles. The van der Waals surface area contributed by atoms with Gasteiger partial charge < -0.3 is 5.32 Å². The highest BCUT2D eigenvalue weighted by Gasteiger charge is 2.22. The van der Waals surface area contributed by atoms with Crippen LogP contribution in [0.25, 0.3) is 0 Å². The zero-order valence-electron chi connectivity index (χ0n) is 14.9. The number of aromatic amines is 1. The average molecular weight is 371 g/mol. The van der Waals surface area contributed by atoms with Crippen molar-refractivity contribution >= 4 is 21.5 Å². The molecule has 0 atom stereocenters. The van der Waals surface area contributed by atoms with Crippen LogP contribution in [0.4, 0.5) is 11.5 Å². The lowest BCUT2D eigenvalue weighted by Gasteiger charge is -2.10. The van der Waals surface area contributed by atoms with Crippen LogP contribution in [0.2, 0.25) is 0 Å². The number of benzene rings is 1. The van der Waals surface area contributed by atoms with Crippen LogP contribution < -0.4 is 10.0 Å². The van der Waals surface area contributed by atoms with Crippen LogP contribution in [0.1, 0.15) is 22.5 Å². The van der Waals surface area contributed by atoms with Crippen LogP contribution >= 0.6 is 0 Å². The molecular formula is C18H21N5O2S. The summed E-state index contributed by atoms with van der Waals surface area (Å²) in [5.74, 6) is 0.256. The lowest BCUT2D eigenvalue weighted by molar-refractivity contribution is 0.600. The number of rotatable bonds is 6. The Hall–Kier alpha value is -2.87. The number of hydrogen-bond donors (Lipinski definition) is 3. The zero-order valence-corrected chi connectivity index (χ0v) is 15.7. The topological polar surface area (TPSA) is 99.8 Å². The van der Waals surface area contributed by atoms with Gasteiger partial charge in [0.25, 0.3) is 10.0 Å². The van der Waals surface area contributed by atoms with Crippen LogP contribution in [-0.4, -0.2) is 23.6 Å². The summed E-state index contributed by atoms with van der Waals surface area (Å²) in [6.45, 7) is 6.05. The van der Waals surface area contributed by atoms with Crippen LogP contribution in [0.3, 0.4) is 0 Å². The Morgan fingerprint density at radius 3 is 2.46 bits per heavy atom. The predicted molar refractivity (Wildman–Crippen MR) is 102 cm³/mol. The molecule has 3 aromatic rings. The molecule has 0 aliphatic heterocycles. The first-order chi connectivity index (χ1) is 12.4. The molecule has 26 heavy (non-hydrogen) atoms. The number of nitrogens with one attached hydrogen (secondary N) is 3. The smallest absolute Gasteiger partial charge is 0.266 e. The van der Waals surface area contributed by atoms with E-state index in [-0.39, 0.29) is 10.7 Å². The van der Waals surface area contributed by atoms with Crippen molar-refractivity contribution in [2.45, 2.75) is 32.2 Å². The van der Waals surface area contributed by atoms with Crippen molar-refractivity contribution in [1.29, 1.82) is 0 Å². The SMILES string of the molecule is Cc1ccccc1CNc1ccc(NS(=O)(=O)c2c(C)n[nH]c2C)nc1. The molecule has 3 rings (SSSR count). The van der Waals surface area contributed by atoms with E-state index < -0.39 is 10.0 Å². The van der Waals surface area contributed by atoms with Crippen molar-refractivity contribution in [2.75, 3.05) is 10.0 Å². The third-order valence-electron chi connectivity index (χ3n) is 4.08. The van der Waals surface area contributed by atoms with Gasteiger partial charge in [-0.05, 0) is 44.0 Å². The molecule has 0 aliphatic rings. The summed E-state index contributed by atoms with van der Waals surface area (Å²) >= 11 is 0. The van der Waals surface area contributed by atoms with Crippen LogP contribution in [-0.2, 0) is 16.6 Å². The number of anilines is 2. The van der Waals surface area contributed by atoms with Crippen LogP contribution in [0, 0.1) is 20.8 Å². The fraction of sp³-hybridized carbons (Fsp3) is 0.222. The number of sulfonamides is 1. The van der Waals surface area contributed by atoms with Gasteiger partial charge in [0, 0.05) is 6.54 Å². The van der Waals surface area contributed by atoms with Gasteiger partial charge in [-0.2, -0.15) is 5.10 Å². The summed E-state index contributed by atoms with van der Waals surface area (Å²) in [5.41, 5.74) is 4.14.